The molecular formula is C19H22N2O3. The number of likely N-dealkylation sites (N-methyl/N-ethyl adjacent to an activating group) is 1. The molecule has 1 atom stereocenters. The number of ether oxygens (including phenoxy) is 1. The summed E-state index contributed by atoms with van der Waals surface area (Å²) in [4.78, 5) is 18.2. The largest absolute Gasteiger partial charge is 0.504 e. The van der Waals surface area contributed by atoms with Crippen LogP contribution in [0, 0.1) is 0 Å². The van der Waals surface area contributed by atoms with Gasteiger partial charge < -0.3 is 14.7 Å². The van der Waals surface area contributed by atoms with Crippen molar-refractivity contribution in [2.75, 3.05) is 14.2 Å². The van der Waals surface area contributed by atoms with E-state index >= 15 is 0 Å². The molecule has 0 bridgehead atoms. The molecule has 0 spiro atoms. The van der Waals surface area contributed by atoms with Gasteiger partial charge in [0.05, 0.1) is 13.2 Å². The smallest absolute Gasteiger partial charge is 0.246 e. The number of hydrogen-bond donors (Lipinski definition) is 1. The minimum atomic E-state index is -0.103. The number of phenols is 1. The Morgan fingerprint density at radius 3 is 2.62 bits per heavy atom. The molecule has 0 radical (unpaired) electrons. The summed E-state index contributed by atoms with van der Waals surface area (Å²) in [5.41, 5.74) is 1.78. The van der Waals surface area contributed by atoms with E-state index in [1.807, 2.05) is 19.1 Å². The Labute approximate surface area is 142 Å². The van der Waals surface area contributed by atoms with E-state index in [0.717, 1.165) is 17.5 Å². The quantitative estimate of drug-likeness (QED) is 0.826. The topological polar surface area (TPSA) is 62.7 Å². The van der Waals surface area contributed by atoms with Crippen LogP contribution in [0.2, 0.25) is 0 Å². The van der Waals surface area contributed by atoms with Crippen LogP contribution in [0.3, 0.4) is 0 Å². The molecule has 24 heavy (non-hydrogen) atoms. The molecule has 2 aromatic rings. The van der Waals surface area contributed by atoms with E-state index in [1.54, 1.807) is 48.6 Å². The van der Waals surface area contributed by atoms with Crippen molar-refractivity contribution in [1.29, 1.82) is 0 Å². The number of phenolic OH excluding ortho intramolecular Hbond substituents is 1. The third-order valence-corrected chi connectivity index (χ3v) is 3.91. The summed E-state index contributed by atoms with van der Waals surface area (Å²) in [6.45, 7) is 2.04. The Hall–Kier alpha value is -2.82. The van der Waals surface area contributed by atoms with Gasteiger partial charge in [-0.2, -0.15) is 0 Å². The summed E-state index contributed by atoms with van der Waals surface area (Å²) in [7, 11) is 3.28. The average Bonchev–Trinajstić information content (AvgIpc) is 2.61. The molecule has 2 rings (SSSR count). The van der Waals surface area contributed by atoms with Gasteiger partial charge >= 0.3 is 0 Å². The van der Waals surface area contributed by atoms with Crippen LogP contribution in [-0.2, 0) is 4.79 Å². The third kappa shape index (κ3) is 4.13. The van der Waals surface area contributed by atoms with Crippen molar-refractivity contribution in [3.05, 3.63) is 59.9 Å². The molecule has 5 nitrogen and oxygen atoms in total. The minimum absolute atomic E-state index is 0.00517. The molecule has 0 aliphatic rings. The van der Waals surface area contributed by atoms with Crippen LogP contribution in [0.25, 0.3) is 6.08 Å². The molecule has 0 saturated heterocycles. The van der Waals surface area contributed by atoms with E-state index in [9.17, 15) is 9.90 Å². The SMILES string of the molecule is CC[C@H](c1ccncc1)N(C)C(=O)/C=C/c1ccc(OC)c(O)c1. The number of pyridine rings is 1. The van der Waals surface area contributed by atoms with Gasteiger partial charge in [0.25, 0.3) is 0 Å². The van der Waals surface area contributed by atoms with Crippen molar-refractivity contribution < 1.29 is 14.6 Å². The molecule has 1 amide bonds. The highest BCUT2D eigenvalue weighted by Crippen LogP contribution is 2.27. The monoisotopic (exact) mass is 326 g/mol. The number of aromatic nitrogens is 1. The van der Waals surface area contributed by atoms with Crippen molar-refractivity contribution >= 4 is 12.0 Å². The van der Waals surface area contributed by atoms with E-state index < -0.39 is 0 Å². The zero-order chi connectivity index (χ0) is 17.5. The first kappa shape index (κ1) is 17.5. The molecule has 1 N–H and O–H groups in total. The molecule has 0 saturated carbocycles. The lowest BCUT2D eigenvalue weighted by atomic mass is 10.0. The number of hydrogen-bond acceptors (Lipinski definition) is 4. The Balaban J connectivity index is 2.11. The highest BCUT2D eigenvalue weighted by atomic mass is 16.5. The number of amides is 1. The van der Waals surface area contributed by atoms with E-state index in [4.69, 9.17) is 4.74 Å². The summed E-state index contributed by atoms with van der Waals surface area (Å²) in [6, 6.07) is 8.83. The zero-order valence-electron chi connectivity index (χ0n) is 14.1. The number of carbonyl (C=O) groups excluding carboxylic acids is 1. The van der Waals surface area contributed by atoms with Crippen molar-refractivity contribution in [2.45, 2.75) is 19.4 Å². The number of carbonyl (C=O) groups is 1. The van der Waals surface area contributed by atoms with Gasteiger partial charge in [0, 0.05) is 25.5 Å². The minimum Gasteiger partial charge on any atom is -0.504 e. The fraction of sp³-hybridized carbons (Fsp3) is 0.263. The van der Waals surface area contributed by atoms with Crippen LogP contribution in [0.15, 0.2) is 48.8 Å². The highest BCUT2D eigenvalue weighted by Gasteiger charge is 2.18. The predicted octanol–water partition coefficient (Wildman–Crippen LogP) is 3.42. The van der Waals surface area contributed by atoms with E-state index in [1.165, 1.54) is 13.2 Å². The standard InChI is InChI=1S/C19H22N2O3/c1-4-16(15-9-11-20-12-10-15)21(2)19(23)8-6-14-5-7-18(24-3)17(22)13-14/h5-13,16,22H,4H2,1-3H3/b8-6+/t16-/m1/s1. The lowest BCUT2D eigenvalue weighted by molar-refractivity contribution is -0.126. The fourth-order valence-corrected chi connectivity index (χ4v) is 2.57. The highest BCUT2D eigenvalue weighted by molar-refractivity contribution is 5.92. The molecule has 0 aliphatic carbocycles. The average molecular weight is 326 g/mol. The second kappa shape index (κ2) is 8.15. The van der Waals surface area contributed by atoms with Crippen LogP contribution >= 0.6 is 0 Å². The van der Waals surface area contributed by atoms with Gasteiger partial charge in [-0.25, -0.2) is 0 Å². The molecule has 0 fully saturated rings. The molecular weight excluding hydrogens is 304 g/mol. The van der Waals surface area contributed by atoms with Gasteiger partial charge in [-0.15, -0.1) is 0 Å². The molecule has 0 aliphatic heterocycles. The van der Waals surface area contributed by atoms with E-state index in [2.05, 4.69) is 4.98 Å². The Kier molecular flexibility index (Phi) is 5.95. The first-order valence-corrected chi connectivity index (χ1v) is 7.78. The zero-order valence-corrected chi connectivity index (χ0v) is 14.1. The number of benzene rings is 1. The van der Waals surface area contributed by atoms with Crippen LogP contribution in [0.4, 0.5) is 0 Å². The van der Waals surface area contributed by atoms with Crippen molar-refractivity contribution in [1.82, 2.24) is 9.88 Å². The number of aromatic hydroxyl groups is 1. The van der Waals surface area contributed by atoms with E-state index in [0.29, 0.717) is 5.75 Å². The first-order chi connectivity index (χ1) is 11.6. The van der Waals surface area contributed by atoms with Crippen LogP contribution in [-0.4, -0.2) is 35.1 Å². The van der Waals surface area contributed by atoms with Gasteiger partial charge in [-0.3, -0.25) is 9.78 Å². The van der Waals surface area contributed by atoms with Gasteiger partial charge in [0.15, 0.2) is 11.5 Å². The molecule has 126 valence electrons. The number of rotatable bonds is 6. The van der Waals surface area contributed by atoms with E-state index in [-0.39, 0.29) is 17.7 Å². The predicted molar refractivity (Wildman–Crippen MR) is 93.7 cm³/mol. The van der Waals surface area contributed by atoms with Gasteiger partial charge in [-0.05, 0) is 47.9 Å². The molecule has 0 unspecified atom stereocenters. The second-order valence-electron chi connectivity index (χ2n) is 5.42. The molecule has 1 aromatic heterocycles. The van der Waals surface area contributed by atoms with Crippen LogP contribution < -0.4 is 4.74 Å². The fourth-order valence-electron chi connectivity index (χ4n) is 2.57. The normalized spacial score (nSPS) is 12.1. The lowest BCUT2D eigenvalue weighted by Crippen LogP contribution is -2.29. The van der Waals surface area contributed by atoms with Gasteiger partial charge in [-0.1, -0.05) is 13.0 Å². The van der Waals surface area contributed by atoms with Crippen molar-refractivity contribution in [3.63, 3.8) is 0 Å². The summed E-state index contributed by atoms with van der Waals surface area (Å²) in [6.07, 6.45) is 7.45. The number of nitrogens with zero attached hydrogens (tertiary/aromatic N) is 2. The van der Waals surface area contributed by atoms with Gasteiger partial charge in [0.1, 0.15) is 0 Å². The number of methoxy groups -OCH3 is 1. The van der Waals surface area contributed by atoms with Gasteiger partial charge in [0.2, 0.25) is 5.91 Å². The Morgan fingerprint density at radius 1 is 1.33 bits per heavy atom. The molecule has 5 heteroatoms. The maximum Gasteiger partial charge on any atom is 0.246 e. The summed E-state index contributed by atoms with van der Waals surface area (Å²) in [5, 5.41) is 9.78. The molecule has 1 aromatic carbocycles. The lowest BCUT2D eigenvalue weighted by Gasteiger charge is -2.26. The van der Waals surface area contributed by atoms with Crippen molar-refractivity contribution in [3.8, 4) is 11.5 Å². The van der Waals surface area contributed by atoms with Crippen LogP contribution in [0.5, 0.6) is 11.5 Å². The maximum atomic E-state index is 12.4. The first-order valence-electron chi connectivity index (χ1n) is 7.78. The summed E-state index contributed by atoms with van der Waals surface area (Å²) < 4.78 is 5.00. The third-order valence-electron chi connectivity index (χ3n) is 3.91. The van der Waals surface area contributed by atoms with Crippen molar-refractivity contribution in [2.24, 2.45) is 0 Å². The second-order valence-corrected chi connectivity index (χ2v) is 5.42. The molecule has 1 heterocycles. The summed E-state index contributed by atoms with van der Waals surface area (Å²) in [5.74, 6) is 0.344. The Bertz CT molecular complexity index is 714. The maximum absolute atomic E-state index is 12.4. The van der Waals surface area contributed by atoms with Crippen LogP contribution in [0.1, 0.15) is 30.5 Å². The summed E-state index contributed by atoms with van der Waals surface area (Å²) >= 11 is 0. The Morgan fingerprint density at radius 2 is 2.04 bits per heavy atom.